The van der Waals surface area contributed by atoms with Crippen LogP contribution in [0.25, 0.3) is 0 Å². The first-order chi connectivity index (χ1) is 15.2. The SMILES string of the molecule is CCCCc1ccc(C2CCC(COC3CCC(/C=C/C=C(\F)C#N)CC3)CC2)cc1. The second-order valence-corrected chi connectivity index (χ2v) is 9.44. The summed E-state index contributed by atoms with van der Waals surface area (Å²) in [4.78, 5) is 0. The molecule has 2 saturated carbocycles. The second kappa shape index (κ2) is 12.8. The number of halogens is 1. The van der Waals surface area contributed by atoms with E-state index in [1.54, 1.807) is 6.08 Å². The number of nitriles is 1. The minimum absolute atomic E-state index is 0.379. The number of hydrogen-bond acceptors (Lipinski definition) is 2. The maximum atomic E-state index is 12.8. The van der Waals surface area contributed by atoms with Crippen molar-refractivity contribution in [1.82, 2.24) is 0 Å². The van der Waals surface area contributed by atoms with Crippen LogP contribution in [0.2, 0.25) is 0 Å². The van der Waals surface area contributed by atoms with E-state index in [-0.39, 0.29) is 0 Å². The summed E-state index contributed by atoms with van der Waals surface area (Å²) in [7, 11) is 0. The van der Waals surface area contributed by atoms with Crippen molar-refractivity contribution in [1.29, 1.82) is 5.26 Å². The number of rotatable bonds is 9. The van der Waals surface area contributed by atoms with Crippen LogP contribution in [0.5, 0.6) is 0 Å². The molecule has 0 radical (unpaired) electrons. The van der Waals surface area contributed by atoms with Gasteiger partial charge in [0, 0.05) is 6.61 Å². The summed E-state index contributed by atoms with van der Waals surface area (Å²) in [5.74, 6) is 1.17. The Morgan fingerprint density at radius 2 is 1.77 bits per heavy atom. The first-order valence-electron chi connectivity index (χ1n) is 12.3. The number of aryl methyl sites for hydroxylation is 1. The molecule has 0 amide bonds. The van der Waals surface area contributed by atoms with Crippen LogP contribution in [0.1, 0.15) is 88.2 Å². The summed E-state index contributed by atoms with van der Waals surface area (Å²) in [6.45, 7) is 3.16. The van der Waals surface area contributed by atoms with E-state index in [9.17, 15) is 4.39 Å². The number of nitrogens with zero attached hydrogens (tertiary/aromatic N) is 1. The molecule has 3 rings (SSSR count). The second-order valence-electron chi connectivity index (χ2n) is 9.44. The molecule has 0 unspecified atom stereocenters. The van der Waals surface area contributed by atoms with Crippen LogP contribution in [-0.4, -0.2) is 12.7 Å². The highest BCUT2D eigenvalue weighted by molar-refractivity contribution is 5.26. The minimum atomic E-state index is -0.730. The van der Waals surface area contributed by atoms with Crippen molar-refractivity contribution < 1.29 is 9.13 Å². The van der Waals surface area contributed by atoms with Crippen molar-refractivity contribution in [3.8, 4) is 6.07 Å². The third kappa shape index (κ3) is 7.93. The highest BCUT2D eigenvalue weighted by atomic mass is 19.1. The standard InChI is InChI=1S/C28H38FNO/c1-2-3-5-22-8-14-25(15-9-22)26-16-10-24(11-17-26)21-31-28-18-12-23(13-19-28)6-4-7-27(29)20-30/h4,6-9,14-15,23-24,26,28H,2-3,5,10-13,16-19,21H2,1H3/b6-4+,27-7-. The Balaban J connectivity index is 1.32. The zero-order valence-corrected chi connectivity index (χ0v) is 19.1. The number of allylic oxidation sites excluding steroid dienone is 4. The maximum absolute atomic E-state index is 12.8. The van der Waals surface area contributed by atoms with Gasteiger partial charge in [0.15, 0.2) is 5.83 Å². The van der Waals surface area contributed by atoms with E-state index in [1.165, 1.54) is 68.2 Å². The normalized spacial score (nSPS) is 27.3. The summed E-state index contributed by atoms with van der Waals surface area (Å²) in [6.07, 6.45) is 18.5. The first kappa shape index (κ1) is 23.7. The Kier molecular flexibility index (Phi) is 9.82. The molecule has 0 atom stereocenters. The van der Waals surface area contributed by atoms with E-state index < -0.39 is 5.83 Å². The van der Waals surface area contributed by atoms with Crippen molar-refractivity contribution in [3.05, 3.63) is 59.4 Å². The molecule has 168 valence electrons. The Bertz CT molecular complexity index is 744. The average molecular weight is 424 g/mol. The van der Waals surface area contributed by atoms with Crippen molar-refractivity contribution in [2.24, 2.45) is 11.8 Å². The molecular weight excluding hydrogens is 385 g/mol. The lowest BCUT2D eigenvalue weighted by molar-refractivity contribution is -0.00456. The zero-order chi connectivity index (χ0) is 21.9. The number of benzene rings is 1. The fourth-order valence-electron chi connectivity index (χ4n) is 5.05. The summed E-state index contributed by atoms with van der Waals surface area (Å²) >= 11 is 0. The van der Waals surface area contributed by atoms with E-state index in [4.69, 9.17) is 10.00 Å². The molecule has 2 aliphatic carbocycles. The van der Waals surface area contributed by atoms with Crippen molar-refractivity contribution in [3.63, 3.8) is 0 Å². The van der Waals surface area contributed by atoms with Gasteiger partial charge in [-0.1, -0.05) is 49.8 Å². The van der Waals surface area contributed by atoms with Gasteiger partial charge in [0.1, 0.15) is 6.07 Å². The summed E-state index contributed by atoms with van der Waals surface area (Å²) in [5.41, 5.74) is 3.00. The lowest BCUT2D eigenvalue weighted by atomic mass is 9.78. The maximum Gasteiger partial charge on any atom is 0.199 e. The molecule has 0 bridgehead atoms. The fraction of sp³-hybridized carbons (Fsp3) is 0.607. The summed E-state index contributed by atoms with van der Waals surface area (Å²) in [5, 5.41) is 8.44. The summed E-state index contributed by atoms with van der Waals surface area (Å²) < 4.78 is 19.1. The van der Waals surface area contributed by atoms with Crippen molar-refractivity contribution in [2.75, 3.05) is 6.61 Å². The highest BCUT2D eigenvalue weighted by Gasteiger charge is 2.25. The van der Waals surface area contributed by atoms with Gasteiger partial charge in [0.05, 0.1) is 6.10 Å². The molecule has 2 nitrogen and oxygen atoms in total. The van der Waals surface area contributed by atoms with E-state index in [0.717, 1.165) is 38.2 Å². The van der Waals surface area contributed by atoms with Crippen molar-refractivity contribution >= 4 is 0 Å². The molecule has 0 saturated heterocycles. The zero-order valence-electron chi connectivity index (χ0n) is 19.1. The largest absolute Gasteiger partial charge is 0.378 e. The molecular formula is C28H38FNO. The molecule has 2 aliphatic rings. The third-order valence-electron chi connectivity index (χ3n) is 7.14. The lowest BCUT2D eigenvalue weighted by Gasteiger charge is -2.32. The van der Waals surface area contributed by atoms with Gasteiger partial charge in [0.2, 0.25) is 0 Å². The smallest absolute Gasteiger partial charge is 0.199 e. The minimum Gasteiger partial charge on any atom is -0.378 e. The molecule has 1 aromatic carbocycles. The average Bonchev–Trinajstić information content (AvgIpc) is 2.83. The van der Waals surface area contributed by atoms with E-state index in [2.05, 4.69) is 31.2 Å². The summed E-state index contributed by atoms with van der Waals surface area (Å²) in [6, 6.07) is 10.9. The van der Waals surface area contributed by atoms with Gasteiger partial charge in [-0.15, -0.1) is 0 Å². The lowest BCUT2D eigenvalue weighted by Crippen LogP contribution is -2.25. The molecule has 31 heavy (non-hydrogen) atoms. The van der Waals surface area contributed by atoms with Gasteiger partial charge in [-0.05, 0) is 99.2 Å². The number of ether oxygens (including phenoxy) is 1. The number of hydrogen-bond donors (Lipinski definition) is 0. The molecule has 0 aliphatic heterocycles. The van der Waals surface area contributed by atoms with Crippen LogP contribution in [0.3, 0.4) is 0 Å². The van der Waals surface area contributed by atoms with Gasteiger partial charge in [-0.25, -0.2) is 0 Å². The predicted octanol–water partition coefficient (Wildman–Crippen LogP) is 7.81. The quantitative estimate of drug-likeness (QED) is 0.300. The first-order valence-corrected chi connectivity index (χ1v) is 12.3. The number of unbranched alkanes of at least 4 members (excludes halogenated alkanes) is 1. The molecule has 0 aromatic heterocycles. The topological polar surface area (TPSA) is 33.0 Å². The Morgan fingerprint density at radius 1 is 1.06 bits per heavy atom. The monoisotopic (exact) mass is 423 g/mol. The fourth-order valence-corrected chi connectivity index (χ4v) is 5.05. The van der Waals surface area contributed by atoms with Gasteiger partial charge in [-0.3, -0.25) is 0 Å². The molecule has 0 N–H and O–H groups in total. The molecule has 1 aromatic rings. The van der Waals surface area contributed by atoms with Gasteiger partial charge in [0.25, 0.3) is 0 Å². The Labute approximate surface area is 188 Å². The Hall–Kier alpha value is -1.92. The van der Waals surface area contributed by atoms with Crippen molar-refractivity contribution in [2.45, 2.75) is 89.6 Å². The third-order valence-corrected chi connectivity index (χ3v) is 7.14. The molecule has 0 heterocycles. The highest BCUT2D eigenvalue weighted by Crippen LogP contribution is 2.37. The van der Waals surface area contributed by atoms with Gasteiger partial charge >= 0.3 is 0 Å². The molecule has 3 heteroatoms. The van der Waals surface area contributed by atoms with E-state index in [1.807, 2.05) is 6.08 Å². The van der Waals surface area contributed by atoms with Gasteiger partial charge in [-0.2, -0.15) is 9.65 Å². The van der Waals surface area contributed by atoms with E-state index in [0.29, 0.717) is 17.9 Å². The van der Waals surface area contributed by atoms with E-state index >= 15 is 0 Å². The van der Waals surface area contributed by atoms with Crippen LogP contribution >= 0.6 is 0 Å². The van der Waals surface area contributed by atoms with Crippen LogP contribution in [0.4, 0.5) is 4.39 Å². The van der Waals surface area contributed by atoms with Crippen LogP contribution < -0.4 is 0 Å². The van der Waals surface area contributed by atoms with Crippen LogP contribution in [-0.2, 0) is 11.2 Å². The Morgan fingerprint density at radius 3 is 2.42 bits per heavy atom. The van der Waals surface area contributed by atoms with Gasteiger partial charge < -0.3 is 4.74 Å². The van der Waals surface area contributed by atoms with Crippen LogP contribution in [0, 0.1) is 23.2 Å². The van der Waals surface area contributed by atoms with Crippen LogP contribution in [0.15, 0.2) is 48.3 Å². The molecule has 0 spiro atoms. The molecule has 2 fully saturated rings. The predicted molar refractivity (Wildman–Crippen MR) is 125 cm³/mol.